The second kappa shape index (κ2) is 10.0. The van der Waals surface area contributed by atoms with E-state index < -0.39 is 12.0 Å². The minimum Gasteiger partial charge on any atom is -0.497 e. The van der Waals surface area contributed by atoms with Gasteiger partial charge in [-0.2, -0.15) is 0 Å². The first-order valence-corrected chi connectivity index (χ1v) is 10.7. The highest BCUT2D eigenvalue weighted by Crippen LogP contribution is 2.37. The fraction of sp³-hybridized carbons (Fsp3) is 0.143. The number of benzene rings is 4. The first-order valence-electron chi connectivity index (χ1n) is 10.7. The summed E-state index contributed by atoms with van der Waals surface area (Å²) < 4.78 is 10.9. The summed E-state index contributed by atoms with van der Waals surface area (Å²) in [5.74, 6) is 0.577. The molecule has 4 rings (SSSR count). The summed E-state index contributed by atoms with van der Waals surface area (Å²) in [4.78, 5) is 25.0. The number of hydrogen-bond donors (Lipinski definition) is 1. The van der Waals surface area contributed by atoms with Crippen molar-refractivity contribution in [3.8, 4) is 11.5 Å². The number of amides is 1. The van der Waals surface area contributed by atoms with E-state index in [9.17, 15) is 9.59 Å². The first-order chi connectivity index (χ1) is 16.0. The van der Waals surface area contributed by atoms with Crippen molar-refractivity contribution < 1.29 is 19.1 Å². The van der Waals surface area contributed by atoms with Crippen molar-refractivity contribution >= 4 is 22.6 Å². The summed E-state index contributed by atoms with van der Waals surface area (Å²) in [6.45, 7) is 1.37. The van der Waals surface area contributed by atoms with Gasteiger partial charge in [0.15, 0.2) is 0 Å². The predicted molar refractivity (Wildman–Crippen MR) is 128 cm³/mol. The van der Waals surface area contributed by atoms with Crippen molar-refractivity contribution in [2.45, 2.75) is 19.4 Å². The Balaban J connectivity index is 1.82. The van der Waals surface area contributed by atoms with Crippen LogP contribution in [-0.2, 0) is 16.0 Å². The molecule has 0 aliphatic rings. The minimum atomic E-state index is -0.535. The van der Waals surface area contributed by atoms with Crippen LogP contribution in [0.25, 0.3) is 10.8 Å². The van der Waals surface area contributed by atoms with Crippen LogP contribution in [0.2, 0.25) is 0 Å². The number of nitrogens with one attached hydrogen (secondary N) is 1. The Kier molecular flexibility index (Phi) is 6.69. The summed E-state index contributed by atoms with van der Waals surface area (Å²) in [6, 6.07) is 28.1. The Labute approximate surface area is 193 Å². The number of ether oxygens (including phenoxy) is 2. The van der Waals surface area contributed by atoms with E-state index in [0.29, 0.717) is 11.5 Å². The molecule has 0 saturated carbocycles. The van der Waals surface area contributed by atoms with Gasteiger partial charge < -0.3 is 14.8 Å². The highest BCUT2D eigenvalue weighted by molar-refractivity contribution is 5.90. The molecule has 0 heterocycles. The molecule has 0 aromatic heterocycles. The maximum absolute atomic E-state index is 13.1. The van der Waals surface area contributed by atoms with Crippen LogP contribution in [0.4, 0.5) is 0 Å². The molecule has 0 aliphatic carbocycles. The van der Waals surface area contributed by atoms with E-state index in [1.807, 2.05) is 84.9 Å². The fourth-order valence-corrected chi connectivity index (χ4v) is 3.93. The number of methoxy groups -OCH3 is 1. The second-order valence-corrected chi connectivity index (χ2v) is 7.73. The predicted octanol–water partition coefficient (Wildman–Crippen LogP) is 5.22. The van der Waals surface area contributed by atoms with Gasteiger partial charge in [0.1, 0.15) is 11.5 Å². The molecule has 0 radical (unpaired) electrons. The third-order valence-electron chi connectivity index (χ3n) is 5.44. The summed E-state index contributed by atoms with van der Waals surface area (Å²) >= 11 is 0. The molecule has 1 amide bonds. The number of hydrogen-bond acceptors (Lipinski definition) is 4. The van der Waals surface area contributed by atoms with Crippen molar-refractivity contribution in [3.63, 3.8) is 0 Å². The van der Waals surface area contributed by atoms with Crippen molar-refractivity contribution in [2.24, 2.45) is 0 Å². The molecule has 0 saturated heterocycles. The van der Waals surface area contributed by atoms with E-state index >= 15 is 0 Å². The highest BCUT2D eigenvalue weighted by atomic mass is 16.5. The van der Waals surface area contributed by atoms with Gasteiger partial charge in [-0.15, -0.1) is 0 Å². The normalized spacial score (nSPS) is 11.6. The molecule has 5 nitrogen and oxygen atoms in total. The van der Waals surface area contributed by atoms with E-state index in [4.69, 9.17) is 9.47 Å². The quantitative estimate of drug-likeness (QED) is 0.317. The summed E-state index contributed by atoms with van der Waals surface area (Å²) in [6.07, 6.45) is 0.237. The molecule has 0 unspecified atom stereocenters. The van der Waals surface area contributed by atoms with Crippen LogP contribution in [0.1, 0.15) is 29.7 Å². The van der Waals surface area contributed by atoms with E-state index in [1.165, 1.54) is 6.92 Å². The highest BCUT2D eigenvalue weighted by Gasteiger charge is 2.24. The number of fused-ring (bicyclic) bond motifs is 1. The lowest BCUT2D eigenvalue weighted by atomic mass is 9.92. The summed E-state index contributed by atoms with van der Waals surface area (Å²) in [5, 5.41) is 5.06. The lowest BCUT2D eigenvalue weighted by molar-refractivity contribution is -0.131. The van der Waals surface area contributed by atoms with Crippen molar-refractivity contribution in [3.05, 3.63) is 108 Å². The minimum absolute atomic E-state index is 0.135. The molecule has 1 N–H and O–H groups in total. The maximum Gasteiger partial charge on any atom is 0.308 e. The number of carbonyl (C=O) groups is 2. The molecule has 0 aliphatic heterocycles. The van der Waals surface area contributed by atoms with Crippen LogP contribution in [0, 0.1) is 0 Å². The van der Waals surface area contributed by atoms with E-state index in [2.05, 4.69) is 5.32 Å². The molecule has 4 aromatic carbocycles. The van der Waals surface area contributed by atoms with Crippen LogP contribution in [0.15, 0.2) is 91.0 Å². The van der Waals surface area contributed by atoms with Crippen LogP contribution >= 0.6 is 0 Å². The van der Waals surface area contributed by atoms with Crippen molar-refractivity contribution in [1.82, 2.24) is 5.32 Å². The smallest absolute Gasteiger partial charge is 0.308 e. The molecular formula is C28H25NO4. The third kappa shape index (κ3) is 5.21. The van der Waals surface area contributed by atoms with Crippen LogP contribution in [0.3, 0.4) is 0 Å². The lowest BCUT2D eigenvalue weighted by Crippen LogP contribution is -2.31. The molecule has 0 fully saturated rings. The van der Waals surface area contributed by atoms with Gasteiger partial charge in [-0.3, -0.25) is 9.59 Å². The second-order valence-electron chi connectivity index (χ2n) is 7.73. The largest absolute Gasteiger partial charge is 0.497 e. The lowest BCUT2D eigenvalue weighted by Gasteiger charge is -2.24. The van der Waals surface area contributed by atoms with Crippen molar-refractivity contribution in [2.75, 3.05) is 7.11 Å². The molecule has 166 valence electrons. The zero-order valence-corrected chi connectivity index (χ0v) is 18.6. The summed E-state index contributed by atoms with van der Waals surface area (Å²) in [7, 11) is 1.61. The van der Waals surface area contributed by atoms with E-state index in [-0.39, 0.29) is 12.3 Å². The molecule has 5 heteroatoms. The standard InChI is InChI=1S/C28H25NO4/c1-19(30)33-25-17-14-21-10-6-7-11-24(21)27(25)28(22-12-15-23(32-2)16-13-22)29-26(31)18-20-8-4-3-5-9-20/h3-17,28H,18H2,1-2H3,(H,29,31)/t28-/m0/s1. The van der Waals surface area contributed by atoms with Gasteiger partial charge in [0.05, 0.1) is 19.6 Å². The summed E-state index contributed by atoms with van der Waals surface area (Å²) in [5.41, 5.74) is 2.50. The maximum atomic E-state index is 13.1. The first kappa shape index (κ1) is 22.1. The average molecular weight is 440 g/mol. The van der Waals surface area contributed by atoms with Gasteiger partial charge in [-0.1, -0.05) is 72.8 Å². The van der Waals surface area contributed by atoms with Crippen molar-refractivity contribution in [1.29, 1.82) is 0 Å². The van der Waals surface area contributed by atoms with Crippen LogP contribution < -0.4 is 14.8 Å². The number of carbonyl (C=O) groups excluding carboxylic acids is 2. The SMILES string of the molecule is COc1ccc([C@H](NC(=O)Cc2ccccc2)c2c(OC(C)=O)ccc3ccccc23)cc1. The van der Waals surface area contributed by atoms with E-state index in [1.54, 1.807) is 13.2 Å². The molecule has 1 atom stereocenters. The zero-order chi connectivity index (χ0) is 23.2. The van der Waals surface area contributed by atoms with Crippen LogP contribution in [0.5, 0.6) is 11.5 Å². The van der Waals surface area contributed by atoms with Crippen LogP contribution in [-0.4, -0.2) is 19.0 Å². The fourth-order valence-electron chi connectivity index (χ4n) is 3.93. The Morgan fingerprint density at radius 2 is 1.55 bits per heavy atom. The average Bonchev–Trinajstić information content (AvgIpc) is 2.83. The van der Waals surface area contributed by atoms with Gasteiger partial charge in [0.25, 0.3) is 0 Å². The Morgan fingerprint density at radius 1 is 0.848 bits per heavy atom. The zero-order valence-electron chi connectivity index (χ0n) is 18.6. The van der Waals surface area contributed by atoms with Gasteiger partial charge in [0, 0.05) is 12.5 Å². The topological polar surface area (TPSA) is 64.6 Å². The number of rotatable bonds is 7. The third-order valence-corrected chi connectivity index (χ3v) is 5.44. The molecular weight excluding hydrogens is 414 g/mol. The van der Waals surface area contributed by atoms with Gasteiger partial charge in [-0.05, 0) is 40.1 Å². The molecule has 33 heavy (non-hydrogen) atoms. The number of esters is 1. The Morgan fingerprint density at radius 3 is 2.24 bits per heavy atom. The van der Waals surface area contributed by atoms with E-state index in [0.717, 1.165) is 27.5 Å². The molecule has 0 spiro atoms. The van der Waals surface area contributed by atoms with Gasteiger partial charge in [-0.25, -0.2) is 0 Å². The molecule has 0 bridgehead atoms. The Hall–Kier alpha value is -4.12. The Bertz CT molecular complexity index is 1270. The molecule has 4 aromatic rings. The van der Waals surface area contributed by atoms with Gasteiger partial charge >= 0.3 is 5.97 Å². The van der Waals surface area contributed by atoms with Gasteiger partial charge in [0.2, 0.25) is 5.91 Å². The monoisotopic (exact) mass is 439 g/mol.